The Morgan fingerprint density at radius 3 is 2.74 bits per heavy atom. The number of aromatic nitrogens is 1. The molecule has 2 heterocycles. The minimum absolute atomic E-state index is 0.0124. The molecular weight excluding hydrogens is 388 g/mol. The molecule has 0 aliphatic heterocycles. The van der Waals surface area contributed by atoms with Gasteiger partial charge in [-0.05, 0) is 18.6 Å². The van der Waals surface area contributed by atoms with Gasteiger partial charge >= 0.3 is 5.97 Å². The topological polar surface area (TPSA) is 98.5 Å². The summed E-state index contributed by atoms with van der Waals surface area (Å²) in [4.78, 5) is 13.5. The second-order valence-corrected chi connectivity index (χ2v) is 8.80. The molecule has 27 heavy (non-hydrogen) atoms. The second-order valence-electron chi connectivity index (χ2n) is 5.80. The zero-order valence-corrected chi connectivity index (χ0v) is 16.2. The van der Waals surface area contributed by atoms with Crippen LogP contribution in [0.5, 0.6) is 0 Å². The van der Waals surface area contributed by atoms with Gasteiger partial charge in [0, 0.05) is 23.1 Å². The molecule has 1 N–H and O–H groups in total. The lowest BCUT2D eigenvalue weighted by atomic mass is 10.1. The fraction of sp³-hybridized carbons (Fsp3) is 0.222. The first-order chi connectivity index (χ1) is 12.9. The summed E-state index contributed by atoms with van der Waals surface area (Å²) in [5, 5.41) is 3.98. The van der Waals surface area contributed by atoms with Gasteiger partial charge in [-0.25, -0.2) is 17.9 Å². The molecule has 1 aromatic carbocycles. The lowest BCUT2D eigenvalue weighted by molar-refractivity contribution is 0.0443. The van der Waals surface area contributed by atoms with Crippen LogP contribution in [0.2, 0.25) is 0 Å². The maximum Gasteiger partial charge on any atom is 0.348 e. The number of rotatable bonds is 8. The summed E-state index contributed by atoms with van der Waals surface area (Å²) in [6.45, 7) is 0.274. The van der Waals surface area contributed by atoms with Crippen molar-refractivity contribution in [2.45, 2.75) is 13.0 Å². The molecule has 2 aromatic heterocycles. The molecular formula is C18H18N2O5S2. The highest BCUT2D eigenvalue weighted by Crippen LogP contribution is 2.21. The first kappa shape index (κ1) is 19.3. The van der Waals surface area contributed by atoms with Crippen molar-refractivity contribution in [3.63, 3.8) is 0 Å². The summed E-state index contributed by atoms with van der Waals surface area (Å²) in [6.07, 6.45) is 1.62. The van der Waals surface area contributed by atoms with E-state index in [1.54, 1.807) is 18.2 Å². The Balaban J connectivity index is 1.52. The molecule has 0 aliphatic carbocycles. The smallest absolute Gasteiger partial charge is 0.348 e. The van der Waals surface area contributed by atoms with E-state index in [-0.39, 0.29) is 13.2 Å². The second kappa shape index (κ2) is 8.47. The normalized spacial score (nSPS) is 11.4. The highest BCUT2D eigenvalue weighted by Gasteiger charge is 2.13. The molecule has 0 atom stereocenters. The summed E-state index contributed by atoms with van der Waals surface area (Å²) in [5.41, 5.74) is 1.60. The van der Waals surface area contributed by atoms with E-state index in [2.05, 4.69) is 9.88 Å². The van der Waals surface area contributed by atoms with Crippen molar-refractivity contribution in [1.29, 1.82) is 0 Å². The zero-order valence-electron chi connectivity index (χ0n) is 14.5. The predicted octanol–water partition coefficient (Wildman–Crippen LogP) is 2.85. The third-order valence-electron chi connectivity index (χ3n) is 3.57. The Bertz CT molecular complexity index is 1010. The maximum absolute atomic E-state index is 12.2. The number of benzene rings is 1. The van der Waals surface area contributed by atoms with Gasteiger partial charge in [-0.2, -0.15) is 0 Å². The highest BCUT2D eigenvalue weighted by molar-refractivity contribution is 7.88. The molecule has 0 amide bonds. The van der Waals surface area contributed by atoms with Gasteiger partial charge < -0.3 is 9.26 Å². The molecule has 0 fully saturated rings. The lowest BCUT2D eigenvalue weighted by Crippen LogP contribution is -2.23. The molecule has 7 nitrogen and oxygen atoms in total. The van der Waals surface area contributed by atoms with Crippen LogP contribution in [0.4, 0.5) is 0 Å². The number of hydrogen-bond acceptors (Lipinski definition) is 7. The Kier molecular flexibility index (Phi) is 6.04. The number of hydrogen-bond donors (Lipinski definition) is 1. The average molecular weight is 406 g/mol. The summed E-state index contributed by atoms with van der Waals surface area (Å²) < 4.78 is 35.0. The molecule has 3 aromatic rings. The van der Waals surface area contributed by atoms with Crippen LogP contribution in [0.1, 0.15) is 20.3 Å². The van der Waals surface area contributed by atoms with Gasteiger partial charge in [0.25, 0.3) is 0 Å². The number of esters is 1. The van der Waals surface area contributed by atoms with Crippen LogP contribution in [0.15, 0.2) is 53.1 Å². The molecule has 9 heteroatoms. The first-order valence-electron chi connectivity index (χ1n) is 8.12. The van der Waals surface area contributed by atoms with Crippen molar-refractivity contribution in [3.8, 4) is 11.3 Å². The van der Waals surface area contributed by atoms with Crippen LogP contribution in [-0.2, 0) is 27.8 Å². The molecule has 0 radical (unpaired) electrons. The monoisotopic (exact) mass is 406 g/mol. The standard InChI is InChI=1S/C18H18N2O5S2/c1-27(22,23)19-10-9-15-7-8-17(26-15)18(21)24-12-14-11-16(20-25-14)13-5-3-2-4-6-13/h2-8,11,19H,9-10,12H2,1H3. The van der Waals surface area contributed by atoms with E-state index in [0.29, 0.717) is 22.8 Å². The third kappa shape index (κ3) is 5.75. The highest BCUT2D eigenvalue weighted by atomic mass is 32.2. The van der Waals surface area contributed by atoms with Crippen LogP contribution in [-0.4, -0.2) is 32.3 Å². The predicted molar refractivity (Wildman–Crippen MR) is 102 cm³/mol. The average Bonchev–Trinajstić information content (AvgIpc) is 3.29. The van der Waals surface area contributed by atoms with E-state index in [1.165, 1.54) is 11.3 Å². The SMILES string of the molecule is CS(=O)(=O)NCCc1ccc(C(=O)OCc2cc(-c3ccccc3)no2)s1. The summed E-state index contributed by atoms with van der Waals surface area (Å²) >= 11 is 1.27. The van der Waals surface area contributed by atoms with Crippen LogP contribution < -0.4 is 4.72 Å². The van der Waals surface area contributed by atoms with Crippen molar-refractivity contribution in [1.82, 2.24) is 9.88 Å². The molecule has 0 unspecified atom stereocenters. The largest absolute Gasteiger partial charge is 0.453 e. The summed E-state index contributed by atoms with van der Waals surface area (Å²) in [5.74, 6) is -0.00341. The van der Waals surface area contributed by atoms with Gasteiger partial charge in [0.05, 0.1) is 6.26 Å². The third-order valence-corrected chi connectivity index (χ3v) is 5.43. The van der Waals surface area contributed by atoms with E-state index in [1.807, 2.05) is 30.3 Å². The number of ether oxygens (including phenoxy) is 1. The van der Waals surface area contributed by atoms with E-state index in [9.17, 15) is 13.2 Å². The molecule has 0 bridgehead atoms. The number of carbonyl (C=O) groups excluding carboxylic acids is 1. The quantitative estimate of drug-likeness (QED) is 0.578. The van der Waals surface area contributed by atoms with Crippen LogP contribution in [0, 0.1) is 0 Å². The number of sulfonamides is 1. The van der Waals surface area contributed by atoms with Crippen molar-refractivity contribution >= 4 is 27.3 Å². The minimum Gasteiger partial charge on any atom is -0.453 e. The van der Waals surface area contributed by atoms with E-state index in [0.717, 1.165) is 16.7 Å². The molecule has 0 saturated heterocycles. The fourth-order valence-corrected chi connectivity index (χ4v) is 3.69. The van der Waals surface area contributed by atoms with Gasteiger partial charge in [0.15, 0.2) is 12.4 Å². The molecule has 0 spiro atoms. The van der Waals surface area contributed by atoms with Crippen molar-refractivity contribution in [2.75, 3.05) is 12.8 Å². The first-order valence-corrected chi connectivity index (χ1v) is 10.8. The lowest BCUT2D eigenvalue weighted by Gasteiger charge is -2.00. The van der Waals surface area contributed by atoms with E-state index < -0.39 is 16.0 Å². The van der Waals surface area contributed by atoms with Gasteiger partial charge in [-0.1, -0.05) is 35.5 Å². The molecule has 3 rings (SSSR count). The Morgan fingerprint density at radius 1 is 1.22 bits per heavy atom. The fourth-order valence-electron chi connectivity index (χ4n) is 2.32. The van der Waals surface area contributed by atoms with E-state index >= 15 is 0 Å². The number of nitrogens with zero attached hydrogens (tertiary/aromatic N) is 1. The summed E-state index contributed by atoms with van der Waals surface area (Å²) in [7, 11) is -3.21. The van der Waals surface area contributed by atoms with Crippen molar-refractivity contribution in [3.05, 3.63) is 64.0 Å². The van der Waals surface area contributed by atoms with Crippen LogP contribution in [0.25, 0.3) is 11.3 Å². The van der Waals surface area contributed by atoms with Crippen LogP contribution in [0.3, 0.4) is 0 Å². The number of nitrogens with one attached hydrogen (secondary N) is 1. The van der Waals surface area contributed by atoms with Gasteiger partial charge in [0.1, 0.15) is 10.6 Å². The minimum atomic E-state index is -3.21. The van der Waals surface area contributed by atoms with Crippen molar-refractivity contribution < 1.29 is 22.5 Å². The molecule has 0 aliphatic rings. The maximum atomic E-state index is 12.2. The molecule has 142 valence electrons. The number of thiophene rings is 1. The van der Waals surface area contributed by atoms with Crippen molar-refractivity contribution in [2.24, 2.45) is 0 Å². The van der Waals surface area contributed by atoms with Gasteiger partial charge in [0.2, 0.25) is 10.0 Å². The molecule has 0 saturated carbocycles. The van der Waals surface area contributed by atoms with E-state index in [4.69, 9.17) is 9.26 Å². The summed E-state index contributed by atoms with van der Waals surface area (Å²) in [6, 6.07) is 14.7. The van der Waals surface area contributed by atoms with Gasteiger partial charge in [-0.3, -0.25) is 0 Å². The van der Waals surface area contributed by atoms with Gasteiger partial charge in [-0.15, -0.1) is 11.3 Å². The Hall–Kier alpha value is -2.49. The van der Waals surface area contributed by atoms with Crippen LogP contribution >= 0.6 is 11.3 Å². The number of carbonyl (C=O) groups is 1. The zero-order chi connectivity index (χ0) is 19.3. The Labute approximate surface area is 161 Å². The Morgan fingerprint density at radius 2 is 2.00 bits per heavy atom.